The maximum atomic E-state index is 12.2. The highest BCUT2D eigenvalue weighted by molar-refractivity contribution is 6.37. The largest absolute Gasteiger partial charge is 0.434 e. The monoisotopic (exact) mass is 453 g/mol. The van der Waals surface area contributed by atoms with E-state index < -0.39 is 11.2 Å². The van der Waals surface area contributed by atoms with E-state index in [2.05, 4.69) is 20.3 Å². The summed E-state index contributed by atoms with van der Waals surface area (Å²) in [6.45, 7) is 3.63. The molecular weight excluding hydrogens is 437 g/mol. The molecule has 2 aromatic heterocycles. The van der Waals surface area contributed by atoms with Crippen molar-refractivity contribution in [1.82, 2.24) is 25.0 Å². The Morgan fingerprint density at radius 1 is 1.10 bits per heavy atom. The van der Waals surface area contributed by atoms with Gasteiger partial charge < -0.3 is 9.47 Å². The third kappa shape index (κ3) is 4.45. The average molecular weight is 454 g/mol. The second-order valence-electron chi connectivity index (χ2n) is 6.54. The van der Waals surface area contributed by atoms with Crippen molar-refractivity contribution < 1.29 is 9.47 Å². The Morgan fingerprint density at radius 3 is 2.37 bits per heavy atom. The first-order valence-electron chi connectivity index (χ1n) is 8.69. The number of ether oxygens (including phenoxy) is 2. The van der Waals surface area contributed by atoms with Crippen LogP contribution in [0.25, 0.3) is 5.69 Å². The Balaban J connectivity index is 2.02. The predicted molar refractivity (Wildman–Crippen MR) is 110 cm³/mol. The lowest BCUT2D eigenvalue weighted by Crippen LogP contribution is -2.34. The zero-order valence-electron chi connectivity index (χ0n) is 16.2. The van der Waals surface area contributed by atoms with Gasteiger partial charge in [0.05, 0.1) is 22.3 Å². The van der Waals surface area contributed by atoms with Crippen LogP contribution in [0, 0.1) is 0 Å². The molecule has 0 unspecified atom stereocenters. The zero-order chi connectivity index (χ0) is 22.0. The van der Waals surface area contributed by atoms with E-state index in [0.717, 1.165) is 4.68 Å². The van der Waals surface area contributed by atoms with Crippen LogP contribution in [0.1, 0.15) is 31.0 Å². The number of halogens is 2. The lowest BCUT2D eigenvalue weighted by atomic mass is 10.1. The van der Waals surface area contributed by atoms with Gasteiger partial charge in [0.2, 0.25) is 5.88 Å². The predicted octanol–water partition coefficient (Wildman–Crippen LogP) is 2.37. The van der Waals surface area contributed by atoms with Crippen molar-refractivity contribution in [3.05, 3.63) is 70.7 Å². The van der Waals surface area contributed by atoms with Gasteiger partial charge in [0.25, 0.3) is 11.1 Å². The molecule has 3 aromatic rings. The smallest absolute Gasteiger partial charge is 0.349 e. The van der Waals surface area contributed by atoms with Crippen molar-refractivity contribution in [3.8, 4) is 17.3 Å². The van der Waals surface area contributed by atoms with Crippen molar-refractivity contribution in [2.24, 2.45) is 0 Å². The van der Waals surface area contributed by atoms with E-state index in [9.17, 15) is 14.4 Å². The Morgan fingerprint density at radius 2 is 1.77 bits per heavy atom. The normalized spacial score (nSPS) is 11.1. The van der Waals surface area contributed by atoms with Gasteiger partial charge in [0.1, 0.15) is 0 Å². The Kier molecular flexibility index (Phi) is 6.40. The Bertz CT molecular complexity index is 1240. The van der Waals surface area contributed by atoms with E-state index >= 15 is 0 Å². The molecule has 0 atom stereocenters. The number of rotatable bonds is 6. The van der Waals surface area contributed by atoms with Crippen LogP contribution in [0.15, 0.2) is 32.6 Å². The van der Waals surface area contributed by atoms with Gasteiger partial charge in [0.15, 0.2) is 11.4 Å². The third-order valence-corrected chi connectivity index (χ3v) is 4.60. The molecule has 0 bridgehead atoms. The van der Waals surface area contributed by atoms with Gasteiger partial charge in [0, 0.05) is 18.7 Å². The number of H-pyrrole nitrogens is 2. The second kappa shape index (κ2) is 8.82. The van der Waals surface area contributed by atoms with E-state index in [-0.39, 0.29) is 51.1 Å². The molecular formula is C18H17Cl2N5O5. The summed E-state index contributed by atoms with van der Waals surface area (Å²) in [6, 6.07) is 4.28. The van der Waals surface area contributed by atoms with Crippen molar-refractivity contribution in [2.75, 3.05) is 7.11 Å². The van der Waals surface area contributed by atoms with Crippen molar-refractivity contribution >= 4 is 23.2 Å². The number of aromatic amines is 2. The number of hydrogen-bond donors (Lipinski definition) is 2. The van der Waals surface area contributed by atoms with Gasteiger partial charge in [-0.05, 0) is 18.1 Å². The zero-order valence-corrected chi connectivity index (χ0v) is 17.7. The van der Waals surface area contributed by atoms with E-state index in [4.69, 9.17) is 32.7 Å². The highest BCUT2D eigenvalue weighted by Gasteiger charge is 2.16. The minimum Gasteiger partial charge on any atom is -0.434 e. The van der Waals surface area contributed by atoms with Gasteiger partial charge >= 0.3 is 5.69 Å². The van der Waals surface area contributed by atoms with Crippen LogP contribution in [-0.4, -0.2) is 32.1 Å². The molecule has 2 heterocycles. The van der Waals surface area contributed by atoms with Crippen LogP contribution in [-0.2, 0) is 11.3 Å². The molecule has 3 rings (SSSR count). The number of methoxy groups -OCH3 is 1. The molecule has 10 nitrogen and oxygen atoms in total. The van der Waals surface area contributed by atoms with E-state index in [1.807, 2.05) is 13.8 Å². The molecule has 0 aliphatic rings. The fourth-order valence-corrected chi connectivity index (χ4v) is 3.15. The van der Waals surface area contributed by atoms with E-state index in [0.29, 0.717) is 5.56 Å². The topological polar surface area (TPSA) is 132 Å². The maximum absolute atomic E-state index is 12.2. The summed E-state index contributed by atoms with van der Waals surface area (Å²) in [7, 11) is 1.39. The summed E-state index contributed by atoms with van der Waals surface area (Å²) in [4.78, 5) is 37.9. The third-order valence-electron chi connectivity index (χ3n) is 4.04. The van der Waals surface area contributed by atoms with Crippen LogP contribution < -0.4 is 21.5 Å². The quantitative estimate of drug-likeness (QED) is 0.585. The number of hydrogen-bond acceptors (Lipinski definition) is 7. The molecule has 0 amide bonds. The van der Waals surface area contributed by atoms with Crippen molar-refractivity contribution in [1.29, 1.82) is 0 Å². The van der Waals surface area contributed by atoms with Crippen LogP contribution in [0.5, 0.6) is 11.6 Å². The molecule has 2 N–H and O–H groups in total. The fourth-order valence-electron chi connectivity index (χ4n) is 2.59. The van der Waals surface area contributed by atoms with Gasteiger partial charge in [-0.1, -0.05) is 37.0 Å². The first-order valence-corrected chi connectivity index (χ1v) is 9.45. The van der Waals surface area contributed by atoms with Crippen LogP contribution in [0.4, 0.5) is 0 Å². The van der Waals surface area contributed by atoms with E-state index in [1.165, 1.54) is 25.3 Å². The Labute approximate surface area is 179 Å². The summed E-state index contributed by atoms with van der Waals surface area (Å²) < 4.78 is 11.5. The molecule has 1 aromatic carbocycles. The molecule has 0 spiro atoms. The molecule has 0 saturated carbocycles. The Hall–Kier alpha value is -2.95. The average Bonchev–Trinajstić information content (AvgIpc) is 2.67. The van der Waals surface area contributed by atoms with Gasteiger partial charge in [-0.15, -0.1) is 5.10 Å². The lowest BCUT2D eigenvalue weighted by molar-refractivity contribution is 0.178. The summed E-state index contributed by atoms with van der Waals surface area (Å²) in [5.41, 5.74) is -1.06. The molecule has 0 aliphatic carbocycles. The van der Waals surface area contributed by atoms with Crippen LogP contribution in [0.2, 0.25) is 10.0 Å². The highest BCUT2D eigenvalue weighted by atomic mass is 35.5. The van der Waals surface area contributed by atoms with Gasteiger partial charge in [-0.2, -0.15) is 9.78 Å². The van der Waals surface area contributed by atoms with Crippen LogP contribution >= 0.6 is 23.2 Å². The summed E-state index contributed by atoms with van der Waals surface area (Å²) >= 11 is 12.6. The molecule has 0 saturated heterocycles. The second-order valence-corrected chi connectivity index (χ2v) is 7.35. The fraction of sp³-hybridized carbons (Fsp3) is 0.278. The number of benzene rings is 1. The van der Waals surface area contributed by atoms with Gasteiger partial charge in [-0.25, -0.2) is 9.89 Å². The highest BCUT2D eigenvalue weighted by Crippen LogP contribution is 2.37. The number of nitrogens with one attached hydrogen (secondary N) is 2. The number of aromatic nitrogens is 5. The molecule has 12 heteroatoms. The maximum Gasteiger partial charge on any atom is 0.349 e. The summed E-state index contributed by atoms with van der Waals surface area (Å²) in [5, 5.41) is 10.3. The number of nitrogens with zero attached hydrogens (tertiary/aromatic N) is 3. The van der Waals surface area contributed by atoms with Crippen molar-refractivity contribution in [2.45, 2.75) is 26.4 Å². The lowest BCUT2D eigenvalue weighted by Gasteiger charge is -2.12. The minimum atomic E-state index is -0.774. The molecule has 0 fully saturated rings. The first-order chi connectivity index (χ1) is 14.2. The van der Waals surface area contributed by atoms with Gasteiger partial charge in [-0.3, -0.25) is 14.6 Å². The van der Waals surface area contributed by atoms with E-state index in [1.54, 1.807) is 0 Å². The SMILES string of the molecule is COCc1nn(-c2cc(Cl)c(Oc3cc(C(C)C)c(=O)[nH]n3)c(Cl)c2)c(=O)[nH]c1=O. The molecule has 0 radical (unpaired) electrons. The first kappa shape index (κ1) is 21.8. The molecule has 0 aliphatic heterocycles. The molecule has 30 heavy (non-hydrogen) atoms. The minimum absolute atomic E-state index is 0.00308. The van der Waals surface area contributed by atoms with Crippen molar-refractivity contribution in [3.63, 3.8) is 0 Å². The standard InChI is InChI=1S/C18H17Cl2N5O5/c1-8(2)10-6-14(22-23-16(10)26)30-15-11(19)4-9(5-12(15)20)25-18(28)21-17(27)13(24-25)7-29-3/h4-6,8H,7H2,1-3H3,(H,23,26)(H,21,27,28). The van der Waals surface area contributed by atoms with Crippen LogP contribution in [0.3, 0.4) is 0 Å². The molecule has 158 valence electrons. The summed E-state index contributed by atoms with van der Waals surface area (Å²) in [5.74, 6) is 0.120. The summed E-state index contributed by atoms with van der Waals surface area (Å²) in [6.07, 6.45) is 0.